The van der Waals surface area contributed by atoms with Crippen LogP contribution < -0.4 is 5.32 Å². The number of carbonyl (C=O) groups is 1. The zero-order chi connectivity index (χ0) is 18.6. The summed E-state index contributed by atoms with van der Waals surface area (Å²) in [5.41, 5.74) is 1.20. The van der Waals surface area contributed by atoms with Crippen molar-refractivity contribution in [3.63, 3.8) is 0 Å². The van der Waals surface area contributed by atoms with E-state index in [1.807, 2.05) is 56.6 Å². The zero-order valence-corrected chi connectivity index (χ0v) is 15.0. The van der Waals surface area contributed by atoms with E-state index in [2.05, 4.69) is 10.4 Å². The van der Waals surface area contributed by atoms with Crippen LogP contribution in [0.2, 0.25) is 0 Å². The molecule has 2 N–H and O–H groups in total. The Kier molecular flexibility index (Phi) is 5.19. The number of aromatic nitrogens is 2. The molecule has 1 heterocycles. The van der Waals surface area contributed by atoms with Gasteiger partial charge >= 0.3 is 0 Å². The van der Waals surface area contributed by atoms with Crippen LogP contribution in [0.1, 0.15) is 29.3 Å². The molecule has 5 heteroatoms. The summed E-state index contributed by atoms with van der Waals surface area (Å²) in [4.78, 5) is 13.1. The van der Waals surface area contributed by atoms with Crippen LogP contribution >= 0.6 is 0 Å². The molecule has 0 fully saturated rings. The highest BCUT2D eigenvalue weighted by molar-refractivity contribution is 5.90. The summed E-state index contributed by atoms with van der Waals surface area (Å²) < 4.78 is 1.74. The molecule has 0 aliphatic carbocycles. The van der Waals surface area contributed by atoms with Crippen LogP contribution in [0.25, 0.3) is 0 Å². The summed E-state index contributed by atoms with van der Waals surface area (Å²) >= 11 is 0. The average Bonchev–Trinajstić information content (AvgIpc) is 3.06. The van der Waals surface area contributed by atoms with Gasteiger partial charge in [-0.3, -0.25) is 9.48 Å². The number of carbonyl (C=O) groups excluding carboxylic acids is 1. The van der Waals surface area contributed by atoms with Gasteiger partial charge in [0, 0.05) is 25.4 Å². The van der Waals surface area contributed by atoms with E-state index in [-0.39, 0.29) is 0 Å². The van der Waals surface area contributed by atoms with Gasteiger partial charge in [-0.05, 0) is 17.5 Å². The highest BCUT2D eigenvalue weighted by Gasteiger charge is 2.39. The Morgan fingerprint density at radius 2 is 1.62 bits per heavy atom. The van der Waals surface area contributed by atoms with Crippen molar-refractivity contribution < 1.29 is 9.90 Å². The van der Waals surface area contributed by atoms with Crippen LogP contribution in [0.4, 0.5) is 0 Å². The van der Waals surface area contributed by atoms with Crippen LogP contribution in [0.5, 0.6) is 0 Å². The number of hydrogen-bond donors (Lipinski definition) is 2. The number of amides is 1. The number of aliphatic hydroxyl groups is 1. The third-order valence-electron chi connectivity index (χ3n) is 4.48. The Bertz CT molecular complexity index is 833. The van der Waals surface area contributed by atoms with Gasteiger partial charge in [-0.2, -0.15) is 5.10 Å². The molecule has 0 bridgehead atoms. The van der Waals surface area contributed by atoms with E-state index in [1.54, 1.807) is 28.9 Å². The van der Waals surface area contributed by atoms with Gasteiger partial charge in [0.2, 0.25) is 0 Å². The first-order valence-corrected chi connectivity index (χ1v) is 8.68. The second-order valence-corrected chi connectivity index (χ2v) is 6.25. The predicted octanol–water partition coefficient (Wildman–Crippen LogP) is 2.53. The molecule has 26 heavy (non-hydrogen) atoms. The molecule has 0 radical (unpaired) electrons. The third-order valence-corrected chi connectivity index (χ3v) is 4.48. The number of rotatable bonds is 6. The minimum Gasteiger partial charge on any atom is -0.372 e. The standard InChI is InChI=1S/C21H23N3O2/c1-3-19-16(15-24(2)23-19)14-22-20(25)21(26,17-10-6-4-7-11-17)18-12-8-5-9-13-18/h4-13,15,26H,3,14H2,1-2H3,(H,22,25). The predicted molar refractivity (Wildman–Crippen MR) is 100 cm³/mol. The monoisotopic (exact) mass is 349 g/mol. The van der Waals surface area contributed by atoms with E-state index in [0.717, 1.165) is 17.7 Å². The van der Waals surface area contributed by atoms with Crippen molar-refractivity contribution >= 4 is 5.91 Å². The topological polar surface area (TPSA) is 67.2 Å². The molecule has 134 valence electrons. The van der Waals surface area contributed by atoms with E-state index < -0.39 is 11.5 Å². The summed E-state index contributed by atoms with van der Waals surface area (Å²) in [6.45, 7) is 2.34. The highest BCUT2D eigenvalue weighted by atomic mass is 16.3. The highest BCUT2D eigenvalue weighted by Crippen LogP contribution is 2.30. The molecule has 0 saturated carbocycles. The Hall–Kier alpha value is -2.92. The van der Waals surface area contributed by atoms with Crippen molar-refractivity contribution in [3.8, 4) is 0 Å². The molecule has 0 aliphatic heterocycles. The molecule has 1 aromatic heterocycles. The van der Waals surface area contributed by atoms with Gasteiger partial charge in [0.25, 0.3) is 5.91 Å². The average molecular weight is 349 g/mol. The van der Waals surface area contributed by atoms with Crippen molar-refractivity contribution in [3.05, 3.63) is 89.2 Å². The first-order chi connectivity index (χ1) is 12.6. The molecule has 5 nitrogen and oxygen atoms in total. The van der Waals surface area contributed by atoms with Gasteiger partial charge in [-0.25, -0.2) is 0 Å². The van der Waals surface area contributed by atoms with Crippen molar-refractivity contribution in [1.29, 1.82) is 0 Å². The Morgan fingerprint density at radius 1 is 1.08 bits per heavy atom. The minimum atomic E-state index is -1.75. The molecule has 0 aliphatic rings. The summed E-state index contributed by atoms with van der Waals surface area (Å²) in [6.07, 6.45) is 2.68. The maximum absolute atomic E-state index is 13.1. The van der Waals surface area contributed by atoms with E-state index in [4.69, 9.17) is 0 Å². The number of benzene rings is 2. The molecule has 3 rings (SSSR count). The van der Waals surface area contributed by atoms with E-state index in [1.165, 1.54) is 0 Å². The number of nitrogens with one attached hydrogen (secondary N) is 1. The first kappa shape index (κ1) is 17.9. The van der Waals surface area contributed by atoms with Gasteiger partial charge in [0.1, 0.15) is 0 Å². The summed E-state index contributed by atoms with van der Waals surface area (Å²) in [6, 6.07) is 18.0. The Balaban J connectivity index is 1.91. The normalized spacial score (nSPS) is 11.3. The van der Waals surface area contributed by atoms with E-state index >= 15 is 0 Å². The second-order valence-electron chi connectivity index (χ2n) is 6.25. The lowest BCUT2D eigenvalue weighted by atomic mass is 9.85. The summed E-state index contributed by atoms with van der Waals surface area (Å²) in [7, 11) is 1.86. The molecule has 0 atom stereocenters. The second kappa shape index (κ2) is 7.54. The maximum atomic E-state index is 13.1. The lowest BCUT2D eigenvalue weighted by Crippen LogP contribution is -2.45. The molecular weight excluding hydrogens is 326 g/mol. The molecule has 3 aromatic rings. The molecular formula is C21H23N3O2. The zero-order valence-electron chi connectivity index (χ0n) is 15.0. The third kappa shape index (κ3) is 3.39. The van der Waals surface area contributed by atoms with Crippen molar-refractivity contribution in [2.24, 2.45) is 7.05 Å². The molecule has 1 amide bonds. The number of aryl methyl sites for hydroxylation is 2. The Labute approximate surface area is 153 Å². The van der Waals surface area contributed by atoms with Crippen LogP contribution in [0.15, 0.2) is 66.9 Å². The van der Waals surface area contributed by atoms with E-state index in [0.29, 0.717) is 17.7 Å². The largest absolute Gasteiger partial charge is 0.372 e. The summed E-state index contributed by atoms with van der Waals surface area (Å²) in [5, 5.41) is 18.7. The molecule has 0 spiro atoms. The lowest BCUT2D eigenvalue weighted by molar-refractivity contribution is -0.136. The fourth-order valence-electron chi connectivity index (χ4n) is 3.12. The quantitative estimate of drug-likeness (QED) is 0.719. The van der Waals surface area contributed by atoms with Gasteiger partial charge in [-0.15, -0.1) is 0 Å². The maximum Gasteiger partial charge on any atom is 0.261 e. The van der Waals surface area contributed by atoms with Crippen LogP contribution in [-0.4, -0.2) is 20.8 Å². The van der Waals surface area contributed by atoms with Crippen molar-refractivity contribution in [2.75, 3.05) is 0 Å². The number of hydrogen-bond acceptors (Lipinski definition) is 3. The number of nitrogens with zero attached hydrogens (tertiary/aromatic N) is 2. The van der Waals surface area contributed by atoms with Crippen LogP contribution in [0.3, 0.4) is 0 Å². The first-order valence-electron chi connectivity index (χ1n) is 8.68. The van der Waals surface area contributed by atoms with Crippen molar-refractivity contribution in [1.82, 2.24) is 15.1 Å². The minimum absolute atomic E-state index is 0.317. The van der Waals surface area contributed by atoms with Gasteiger partial charge in [0.05, 0.1) is 5.69 Å². The smallest absolute Gasteiger partial charge is 0.261 e. The van der Waals surface area contributed by atoms with Crippen molar-refractivity contribution in [2.45, 2.75) is 25.5 Å². The SMILES string of the molecule is CCc1nn(C)cc1CNC(=O)C(O)(c1ccccc1)c1ccccc1. The molecule has 2 aromatic carbocycles. The van der Waals surface area contributed by atoms with Crippen LogP contribution in [-0.2, 0) is 30.4 Å². The van der Waals surface area contributed by atoms with Gasteiger partial charge < -0.3 is 10.4 Å². The summed E-state index contributed by atoms with van der Waals surface area (Å²) in [5.74, 6) is -0.458. The lowest BCUT2D eigenvalue weighted by Gasteiger charge is -2.28. The molecule has 0 saturated heterocycles. The Morgan fingerprint density at radius 3 is 2.12 bits per heavy atom. The van der Waals surface area contributed by atoms with Gasteiger partial charge in [-0.1, -0.05) is 67.6 Å². The molecule has 0 unspecified atom stereocenters. The van der Waals surface area contributed by atoms with Gasteiger partial charge in [0.15, 0.2) is 5.60 Å². The fraction of sp³-hybridized carbons (Fsp3) is 0.238. The van der Waals surface area contributed by atoms with E-state index in [9.17, 15) is 9.90 Å². The van der Waals surface area contributed by atoms with Crippen LogP contribution in [0, 0.1) is 0 Å². The fourth-order valence-corrected chi connectivity index (χ4v) is 3.12.